The van der Waals surface area contributed by atoms with Gasteiger partial charge in [0.05, 0.1) is 5.69 Å². The maximum absolute atomic E-state index is 12.9. The van der Waals surface area contributed by atoms with Crippen molar-refractivity contribution in [3.63, 3.8) is 0 Å². The van der Waals surface area contributed by atoms with Crippen molar-refractivity contribution in [2.45, 2.75) is 51.0 Å². The van der Waals surface area contributed by atoms with Crippen molar-refractivity contribution < 1.29 is 9.53 Å². The van der Waals surface area contributed by atoms with Crippen LogP contribution in [0.3, 0.4) is 0 Å². The number of para-hydroxylation sites is 1. The highest BCUT2D eigenvalue weighted by atomic mass is 16.5. The predicted molar refractivity (Wildman–Crippen MR) is 96.1 cm³/mol. The van der Waals surface area contributed by atoms with Crippen molar-refractivity contribution in [1.29, 1.82) is 0 Å². The number of carbonyl (C=O) groups is 1. The minimum atomic E-state index is -0.0280. The van der Waals surface area contributed by atoms with E-state index in [1.807, 2.05) is 22.9 Å². The van der Waals surface area contributed by atoms with Crippen LogP contribution in [-0.4, -0.2) is 34.9 Å². The number of rotatable bonds is 3. The number of aromatic nitrogens is 2. The number of ether oxygens (including phenoxy) is 1. The first kappa shape index (κ1) is 16.3. The second-order valence-electron chi connectivity index (χ2n) is 6.94. The molecule has 1 fully saturated rings. The van der Waals surface area contributed by atoms with E-state index in [-0.39, 0.29) is 11.9 Å². The van der Waals surface area contributed by atoms with E-state index in [1.54, 1.807) is 0 Å². The van der Waals surface area contributed by atoms with Crippen molar-refractivity contribution in [3.05, 3.63) is 47.3 Å². The minimum Gasteiger partial charge on any atom is -0.381 e. The summed E-state index contributed by atoms with van der Waals surface area (Å²) < 4.78 is 7.37. The molecule has 1 aromatic heterocycles. The van der Waals surface area contributed by atoms with E-state index in [0.717, 1.165) is 63.0 Å². The van der Waals surface area contributed by atoms with Gasteiger partial charge in [-0.25, -0.2) is 4.68 Å². The summed E-state index contributed by atoms with van der Waals surface area (Å²) in [6.45, 7) is 1.45. The van der Waals surface area contributed by atoms with Gasteiger partial charge in [-0.1, -0.05) is 24.6 Å². The largest absolute Gasteiger partial charge is 0.381 e. The van der Waals surface area contributed by atoms with Crippen LogP contribution in [0.1, 0.15) is 53.8 Å². The zero-order valence-electron chi connectivity index (χ0n) is 14.5. The number of amides is 1. The van der Waals surface area contributed by atoms with E-state index >= 15 is 0 Å². The normalized spacial score (nSPS) is 18.4. The topological polar surface area (TPSA) is 56.1 Å². The molecule has 0 bridgehead atoms. The molecule has 2 aliphatic rings. The van der Waals surface area contributed by atoms with Gasteiger partial charge >= 0.3 is 0 Å². The second-order valence-corrected chi connectivity index (χ2v) is 6.94. The molecule has 25 heavy (non-hydrogen) atoms. The van der Waals surface area contributed by atoms with Gasteiger partial charge in [0.2, 0.25) is 0 Å². The Kier molecular flexibility index (Phi) is 4.83. The molecule has 132 valence electrons. The van der Waals surface area contributed by atoms with Gasteiger partial charge < -0.3 is 10.1 Å². The standard InChI is InChI=1S/C20H25N3O2/c24-20(21-15-11-13-25-14-12-15)19-17-9-5-2-6-10-18(17)23(22-19)16-7-3-1-4-8-16/h1,3-4,7-8,15H,2,5-6,9-14H2,(H,21,24). The fourth-order valence-electron chi connectivity index (χ4n) is 3.84. The average molecular weight is 339 g/mol. The summed E-state index contributed by atoms with van der Waals surface area (Å²) in [4.78, 5) is 12.9. The first-order chi connectivity index (χ1) is 12.3. The summed E-state index contributed by atoms with van der Waals surface area (Å²) >= 11 is 0. The van der Waals surface area contributed by atoms with Crippen LogP contribution in [0.2, 0.25) is 0 Å². The molecule has 1 amide bonds. The Bertz CT molecular complexity index is 733. The first-order valence-corrected chi connectivity index (χ1v) is 9.38. The van der Waals surface area contributed by atoms with Gasteiger partial charge in [0.1, 0.15) is 0 Å². The van der Waals surface area contributed by atoms with Crippen LogP contribution >= 0.6 is 0 Å². The zero-order chi connectivity index (χ0) is 17.1. The van der Waals surface area contributed by atoms with Crippen LogP contribution in [0.25, 0.3) is 5.69 Å². The second kappa shape index (κ2) is 7.40. The fraction of sp³-hybridized carbons (Fsp3) is 0.500. The first-order valence-electron chi connectivity index (χ1n) is 9.38. The lowest BCUT2D eigenvalue weighted by molar-refractivity contribution is 0.0693. The molecule has 1 aliphatic carbocycles. The summed E-state index contributed by atoms with van der Waals surface area (Å²) in [5.41, 5.74) is 4.00. The van der Waals surface area contributed by atoms with Crippen LogP contribution in [0, 0.1) is 0 Å². The maximum Gasteiger partial charge on any atom is 0.272 e. The molecular formula is C20H25N3O2. The van der Waals surface area contributed by atoms with E-state index in [2.05, 4.69) is 17.4 Å². The molecule has 0 spiro atoms. The minimum absolute atomic E-state index is 0.0280. The number of nitrogens with zero attached hydrogens (tertiary/aromatic N) is 2. The average Bonchev–Trinajstić information content (AvgIpc) is 2.85. The van der Waals surface area contributed by atoms with Crippen molar-refractivity contribution in [3.8, 4) is 5.69 Å². The smallest absolute Gasteiger partial charge is 0.272 e. The third kappa shape index (κ3) is 3.47. The molecule has 2 aromatic rings. The van der Waals surface area contributed by atoms with Gasteiger partial charge in [0, 0.05) is 30.5 Å². The van der Waals surface area contributed by atoms with Crippen molar-refractivity contribution in [2.75, 3.05) is 13.2 Å². The Hall–Kier alpha value is -2.14. The Morgan fingerprint density at radius 2 is 1.84 bits per heavy atom. The van der Waals surface area contributed by atoms with Gasteiger partial charge in [-0.15, -0.1) is 0 Å². The Labute approximate surface area is 148 Å². The molecule has 1 N–H and O–H groups in total. The molecular weight excluding hydrogens is 314 g/mol. The molecule has 1 aliphatic heterocycles. The van der Waals surface area contributed by atoms with E-state index in [1.165, 1.54) is 12.1 Å². The molecule has 2 heterocycles. The fourth-order valence-corrected chi connectivity index (χ4v) is 3.84. The van der Waals surface area contributed by atoms with E-state index < -0.39 is 0 Å². The molecule has 5 heteroatoms. The number of benzene rings is 1. The third-order valence-electron chi connectivity index (χ3n) is 5.20. The van der Waals surface area contributed by atoms with Crippen LogP contribution < -0.4 is 5.32 Å². The molecule has 0 atom stereocenters. The molecule has 1 saturated heterocycles. The van der Waals surface area contributed by atoms with E-state index in [9.17, 15) is 4.79 Å². The Morgan fingerprint density at radius 3 is 2.64 bits per heavy atom. The SMILES string of the molecule is O=C(NC1CCOCC1)c1nn(-c2ccccc2)c2c1CCCCC2. The summed E-state index contributed by atoms with van der Waals surface area (Å²) in [6.07, 6.45) is 7.20. The van der Waals surface area contributed by atoms with Gasteiger partial charge in [0.25, 0.3) is 5.91 Å². The van der Waals surface area contributed by atoms with E-state index in [4.69, 9.17) is 9.84 Å². The Morgan fingerprint density at radius 1 is 1.08 bits per heavy atom. The molecule has 4 rings (SSSR count). The molecule has 0 unspecified atom stereocenters. The number of hydrogen-bond acceptors (Lipinski definition) is 3. The van der Waals surface area contributed by atoms with Gasteiger partial charge in [-0.2, -0.15) is 5.10 Å². The maximum atomic E-state index is 12.9. The van der Waals surface area contributed by atoms with Crippen LogP contribution in [0.5, 0.6) is 0 Å². The monoisotopic (exact) mass is 339 g/mol. The van der Waals surface area contributed by atoms with Crippen molar-refractivity contribution in [2.24, 2.45) is 0 Å². The molecule has 0 saturated carbocycles. The summed E-state index contributed by atoms with van der Waals surface area (Å²) in [7, 11) is 0. The lowest BCUT2D eigenvalue weighted by atomic mass is 10.1. The number of fused-ring (bicyclic) bond motifs is 1. The van der Waals surface area contributed by atoms with Crippen molar-refractivity contribution >= 4 is 5.91 Å². The van der Waals surface area contributed by atoms with E-state index in [0.29, 0.717) is 5.69 Å². The quantitative estimate of drug-likeness (QED) is 0.875. The highest BCUT2D eigenvalue weighted by Gasteiger charge is 2.26. The lowest BCUT2D eigenvalue weighted by Crippen LogP contribution is -2.39. The molecule has 5 nitrogen and oxygen atoms in total. The predicted octanol–water partition coefficient (Wildman–Crippen LogP) is 3.05. The number of nitrogens with one attached hydrogen (secondary N) is 1. The molecule has 1 aromatic carbocycles. The summed E-state index contributed by atoms with van der Waals surface area (Å²) in [5, 5.41) is 7.92. The Balaban J connectivity index is 1.67. The van der Waals surface area contributed by atoms with Gasteiger partial charge in [-0.3, -0.25) is 4.79 Å². The van der Waals surface area contributed by atoms with Crippen LogP contribution in [0.15, 0.2) is 30.3 Å². The zero-order valence-corrected chi connectivity index (χ0v) is 14.5. The highest BCUT2D eigenvalue weighted by molar-refractivity contribution is 5.94. The van der Waals surface area contributed by atoms with Gasteiger partial charge in [-0.05, 0) is 50.7 Å². The molecule has 0 radical (unpaired) electrons. The van der Waals surface area contributed by atoms with Gasteiger partial charge in [0.15, 0.2) is 5.69 Å². The van der Waals surface area contributed by atoms with Crippen LogP contribution in [-0.2, 0) is 17.6 Å². The lowest BCUT2D eigenvalue weighted by Gasteiger charge is -2.22. The number of carbonyl (C=O) groups excluding carboxylic acids is 1. The van der Waals surface area contributed by atoms with Crippen LogP contribution in [0.4, 0.5) is 0 Å². The summed E-state index contributed by atoms with van der Waals surface area (Å²) in [5.74, 6) is -0.0280. The summed E-state index contributed by atoms with van der Waals surface area (Å²) in [6, 6.07) is 10.3. The third-order valence-corrected chi connectivity index (χ3v) is 5.20. The van der Waals surface area contributed by atoms with Crippen molar-refractivity contribution in [1.82, 2.24) is 15.1 Å². The number of hydrogen-bond donors (Lipinski definition) is 1. The highest BCUT2D eigenvalue weighted by Crippen LogP contribution is 2.26.